The topological polar surface area (TPSA) is 81.6 Å². The second kappa shape index (κ2) is 6.94. The molecule has 7 heteroatoms. The van der Waals surface area contributed by atoms with Gasteiger partial charge in [0.05, 0.1) is 23.4 Å². The third-order valence-electron chi connectivity index (χ3n) is 2.20. The molecule has 0 saturated carbocycles. The van der Waals surface area contributed by atoms with E-state index < -0.39 is 18.7 Å². The Morgan fingerprint density at radius 1 is 1.56 bits per heavy atom. The van der Waals surface area contributed by atoms with E-state index in [1.165, 1.54) is 0 Å². The summed E-state index contributed by atoms with van der Waals surface area (Å²) in [4.78, 5) is 11.5. The van der Waals surface area contributed by atoms with Crippen molar-refractivity contribution < 1.29 is 15.0 Å². The van der Waals surface area contributed by atoms with Gasteiger partial charge in [-0.3, -0.25) is 0 Å². The van der Waals surface area contributed by atoms with Crippen molar-refractivity contribution in [1.82, 2.24) is 5.32 Å². The Balaban J connectivity index is 2.65. The van der Waals surface area contributed by atoms with Crippen LogP contribution in [0.5, 0.6) is 0 Å². The van der Waals surface area contributed by atoms with Gasteiger partial charge in [0.1, 0.15) is 0 Å². The van der Waals surface area contributed by atoms with Crippen molar-refractivity contribution in [1.29, 1.82) is 0 Å². The van der Waals surface area contributed by atoms with Crippen LogP contribution in [-0.4, -0.2) is 35.5 Å². The molecule has 1 aromatic carbocycles. The fourth-order valence-electron chi connectivity index (χ4n) is 1.29. The van der Waals surface area contributed by atoms with Crippen molar-refractivity contribution in [2.24, 2.45) is 0 Å². The van der Waals surface area contributed by atoms with Gasteiger partial charge in [-0.15, -0.1) is 0 Å². The molecule has 1 unspecified atom stereocenters. The first-order valence-corrected chi connectivity index (χ1v) is 6.40. The lowest BCUT2D eigenvalue weighted by Gasteiger charge is -2.13. The maximum absolute atomic E-state index is 11.5. The van der Waals surface area contributed by atoms with Crippen molar-refractivity contribution in [3.8, 4) is 0 Å². The summed E-state index contributed by atoms with van der Waals surface area (Å²) in [5, 5.41) is 23.1. The van der Waals surface area contributed by atoms with E-state index in [9.17, 15) is 4.79 Å². The number of amides is 2. The van der Waals surface area contributed by atoms with E-state index in [0.717, 1.165) is 10.0 Å². The summed E-state index contributed by atoms with van der Waals surface area (Å²) in [5.41, 5.74) is 1.32. The van der Waals surface area contributed by atoms with Gasteiger partial charge in [-0.1, -0.05) is 27.5 Å². The predicted molar refractivity (Wildman–Crippen MR) is 74.0 cm³/mol. The highest BCUT2D eigenvalue weighted by Gasteiger charge is 2.10. The summed E-state index contributed by atoms with van der Waals surface area (Å²) in [6.07, 6.45) is -0.975. The predicted octanol–water partition coefficient (Wildman–Crippen LogP) is 1.89. The molecule has 0 aliphatic rings. The number of carbonyl (C=O) groups is 1. The highest BCUT2D eigenvalue weighted by atomic mass is 79.9. The molecule has 0 heterocycles. The van der Waals surface area contributed by atoms with Crippen LogP contribution in [0, 0.1) is 6.92 Å². The zero-order chi connectivity index (χ0) is 13.7. The molecule has 4 N–H and O–H groups in total. The van der Waals surface area contributed by atoms with Crippen molar-refractivity contribution in [3.05, 3.63) is 27.2 Å². The van der Waals surface area contributed by atoms with Gasteiger partial charge in [0.2, 0.25) is 0 Å². The number of aliphatic hydroxyl groups is 2. The van der Waals surface area contributed by atoms with E-state index in [0.29, 0.717) is 10.7 Å². The number of rotatable bonds is 4. The van der Waals surface area contributed by atoms with Gasteiger partial charge in [-0.25, -0.2) is 4.79 Å². The van der Waals surface area contributed by atoms with E-state index in [-0.39, 0.29) is 6.54 Å². The minimum absolute atomic E-state index is 0.0322. The third-order valence-corrected chi connectivity index (χ3v) is 2.96. The summed E-state index contributed by atoms with van der Waals surface area (Å²) in [5.74, 6) is 0. The molecule has 1 rings (SSSR count). The van der Waals surface area contributed by atoms with Gasteiger partial charge in [-0.05, 0) is 24.6 Å². The van der Waals surface area contributed by atoms with Crippen LogP contribution >= 0.6 is 27.5 Å². The van der Waals surface area contributed by atoms with Crippen LogP contribution in [0.2, 0.25) is 5.02 Å². The Morgan fingerprint density at radius 3 is 2.78 bits per heavy atom. The molecule has 0 aliphatic carbocycles. The standard InChI is InChI=1S/C11H14BrClN2O3/c1-6-2-7(12)3-9(13)10(6)15-11(18)14-4-8(17)5-16/h2-3,8,16-17H,4-5H2,1H3,(H2,14,15,18). The normalized spacial score (nSPS) is 12.1. The van der Waals surface area contributed by atoms with Gasteiger partial charge in [0, 0.05) is 11.0 Å². The highest BCUT2D eigenvalue weighted by Crippen LogP contribution is 2.29. The first-order valence-electron chi connectivity index (χ1n) is 5.23. The summed E-state index contributed by atoms with van der Waals surface area (Å²) in [6.45, 7) is 1.38. The van der Waals surface area contributed by atoms with Crippen LogP contribution in [0.3, 0.4) is 0 Å². The number of hydrogen-bond acceptors (Lipinski definition) is 3. The number of hydrogen-bond donors (Lipinski definition) is 4. The van der Waals surface area contributed by atoms with Crippen LogP contribution in [-0.2, 0) is 0 Å². The highest BCUT2D eigenvalue weighted by molar-refractivity contribution is 9.10. The lowest BCUT2D eigenvalue weighted by molar-refractivity contribution is 0.0965. The fraction of sp³-hybridized carbons (Fsp3) is 0.364. The first kappa shape index (κ1) is 15.2. The Morgan fingerprint density at radius 2 is 2.22 bits per heavy atom. The van der Waals surface area contributed by atoms with Gasteiger partial charge in [0.25, 0.3) is 0 Å². The fourth-order valence-corrected chi connectivity index (χ4v) is 2.31. The Labute approximate surface area is 118 Å². The minimum Gasteiger partial charge on any atom is -0.394 e. The van der Waals surface area contributed by atoms with Crippen molar-refractivity contribution in [3.63, 3.8) is 0 Å². The van der Waals surface area contributed by atoms with E-state index >= 15 is 0 Å². The summed E-state index contributed by atoms with van der Waals surface area (Å²) in [6, 6.07) is 3.01. The number of halogens is 2. The number of carbonyl (C=O) groups excluding carboxylic acids is 1. The van der Waals surface area contributed by atoms with E-state index in [1.807, 2.05) is 13.0 Å². The Kier molecular flexibility index (Phi) is 5.87. The molecule has 0 bridgehead atoms. The number of benzene rings is 1. The molecule has 2 amide bonds. The molecular weight excluding hydrogens is 323 g/mol. The molecule has 1 atom stereocenters. The number of aliphatic hydroxyl groups excluding tert-OH is 2. The molecule has 0 fully saturated rings. The smallest absolute Gasteiger partial charge is 0.319 e. The third kappa shape index (κ3) is 4.45. The number of nitrogens with one attached hydrogen (secondary N) is 2. The zero-order valence-electron chi connectivity index (χ0n) is 9.70. The monoisotopic (exact) mass is 336 g/mol. The Hall–Kier alpha value is -0.820. The molecule has 0 aliphatic heterocycles. The lowest BCUT2D eigenvalue weighted by Crippen LogP contribution is -2.36. The van der Waals surface area contributed by atoms with Gasteiger partial charge in [-0.2, -0.15) is 0 Å². The van der Waals surface area contributed by atoms with Crippen LogP contribution in [0.4, 0.5) is 10.5 Å². The molecular formula is C11H14BrClN2O3. The summed E-state index contributed by atoms with van der Waals surface area (Å²) < 4.78 is 0.826. The van der Waals surface area contributed by atoms with Crippen LogP contribution in [0.15, 0.2) is 16.6 Å². The van der Waals surface area contributed by atoms with E-state index in [4.69, 9.17) is 21.8 Å². The quantitative estimate of drug-likeness (QED) is 0.677. The maximum Gasteiger partial charge on any atom is 0.319 e. The molecule has 18 heavy (non-hydrogen) atoms. The lowest BCUT2D eigenvalue weighted by atomic mass is 10.2. The first-order chi connectivity index (χ1) is 8.43. The van der Waals surface area contributed by atoms with Crippen molar-refractivity contribution in [2.75, 3.05) is 18.5 Å². The zero-order valence-corrected chi connectivity index (χ0v) is 12.0. The second-order valence-electron chi connectivity index (χ2n) is 3.75. The van der Waals surface area contributed by atoms with E-state index in [2.05, 4.69) is 26.6 Å². The summed E-state index contributed by atoms with van der Waals surface area (Å²) in [7, 11) is 0. The summed E-state index contributed by atoms with van der Waals surface area (Å²) >= 11 is 9.31. The molecule has 0 radical (unpaired) electrons. The SMILES string of the molecule is Cc1cc(Br)cc(Cl)c1NC(=O)NCC(O)CO. The van der Waals surface area contributed by atoms with E-state index in [1.54, 1.807) is 6.07 Å². The largest absolute Gasteiger partial charge is 0.394 e. The van der Waals surface area contributed by atoms with Crippen LogP contribution < -0.4 is 10.6 Å². The number of anilines is 1. The second-order valence-corrected chi connectivity index (χ2v) is 5.07. The van der Waals surface area contributed by atoms with Gasteiger partial charge < -0.3 is 20.8 Å². The molecule has 0 spiro atoms. The maximum atomic E-state index is 11.5. The average molecular weight is 338 g/mol. The van der Waals surface area contributed by atoms with Crippen molar-refractivity contribution in [2.45, 2.75) is 13.0 Å². The number of urea groups is 1. The molecule has 5 nitrogen and oxygen atoms in total. The average Bonchev–Trinajstić information content (AvgIpc) is 2.30. The van der Waals surface area contributed by atoms with Crippen LogP contribution in [0.1, 0.15) is 5.56 Å². The molecule has 0 aromatic heterocycles. The molecule has 100 valence electrons. The minimum atomic E-state index is -0.975. The number of aryl methyl sites for hydroxylation is 1. The molecule has 0 saturated heterocycles. The van der Waals surface area contributed by atoms with Gasteiger partial charge >= 0.3 is 6.03 Å². The van der Waals surface area contributed by atoms with Gasteiger partial charge in [0.15, 0.2) is 0 Å². The van der Waals surface area contributed by atoms with Crippen molar-refractivity contribution >= 4 is 39.2 Å². The molecule has 1 aromatic rings. The Bertz CT molecular complexity index is 419. The van der Waals surface area contributed by atoms with Crippen LogP contribution in [0.25, 0.3) is 0 Å².